The van der Waals surface area contributed by atoms with Crippen molar-refractivity contribution < 1.29 is 19.5 Å². The molecule has 1 aliphatic rings. The molecule has 0 atom stereocenters. The van der Waals surface area contributed by atoms with Crippen LogP contribution in [0.5, 0.6) is 0 Å². The molecule has 0 aromatic carbocycles. The average molecular weight is 282 g/mol. The molecule has 1 fully saturated rings. The Bertz CT molecular complexity index is 450. The highest BCUT2D eigenvalue weighted by atomic mass is 16.4. The molecule has 112 valence electrons. The lowest BCUT2D eigenvalue weighted by molar-refractivity contribution is -0.133. The van der Waals surface area contributed by atoms with E-state index in [2.05, 4.69) is 5.32 Å². The van der Waals surface area contributed by atoms with Gasteiger partial charge in [0.15, 0.2) is 0 Å². The molecule has 0 bridgehead atoms. The SMILES string of the molecule is CC(C(=O)O)=C(C)C(=O)NC(=O)N(CC(C)C)C1CC1. The second-order valence-corrected chi connectivity index (χ2v) is 5.59. The molecule has 6 nitrogen and oxygen atoms in total. The lowest BCUT2D eigenvalue weighted by Crippen LogP contribution is -2.46. The van der Waals surface area contributed by atoms with Gasteiger partial charge in [0.25, 0.3) is 5.91 Å². The standard InChI is InChI=1S/C14H22N2O4/c1-8(2)7-16(11-5-6-11)14(20)15-12(17)9(3)10(4)13(18)19/h8,11H,5-7H2,1-4H3,(H,18,19)(H,15,17,20). The van der Waals surface area contributed by atoms with Gasteiger partial charge < -0.3 is 10.0 Å². The van der Waals surface area contributed by atoms with Crippen LogP contribution in [0, 0.1) is 5.92 Å². The van der Waals surface area contributed by atoms with Crippen LogP contribution in [-0.2, 0) is 9.59 Å². The summed E-state index contributed by atoms with van der Waals surface area (Å²) >= 11 is 0. The summed E-state index contributed by atoms with van der Waals surface area (Å²) in [6.07, 6.45) is 1.91. The molecule has 20 heavy (non-hydrogen) atoms. The topological polar surface area (TPSA) is 86.7 Å². The van der Waals surface area contributed by atoms with Gasteiger partial charge in [0.2, 0.25) is 0 Å². The Morgan fingerprint density at radius 1 is 1.20 bits per heavy atom. The molecule has 1 aliphatic carbocycles. The fourth-order valence-electron chi connectivity index (χ4n) is 1.77. The van der Waals surface area contributed by atoms with E-state index in [1.165, 1.54) is 13.8 Å². The molecule has 1 rings (SSSR count). The van der Waals surface area contributed by atoms with Gasteiger partial charge in [0, 0.05) is 23.7 Å². The van der Waals surface area contributed by atoms with Crippen LogP contribution in [0.2, 0.25) is 0 Å². The summed E-state index contributed by atoms with van der Waals surface area (Å²) in [4.78, 5) is 36.4. The zero-order valence-electron chi connectivity index (χ0n) is 12.4. The average Bonchev–Trinajstić information content (AvgIpc) is 3.17. The molecule has 0 radical (unpaired) electrons. The highest BCUT2D eigenvalue weighted by Gasteiger charge is 2.33. The van der Waals surface area contributed by atoms with Crippen LogP contribution in [0.4, 0.5) is 4.79 Å². The normalized spacial score (nSPS) is 15.7. The first-order valence-electron chi connectivity index (χ1n) is 6.76. The van der Waals surface area contributed by atoms with Crippen molar-refractivity contribution in [2.75, 3.05) is 6.54 Å². The molecular formula is C14H22N2O4. The van der Waals surface area contributed by atoms with E-state index in [1.54, 1.807) is 4.90 Å². The molecule has 2 N–H and O–H groups in total. The Morgan fingerprint density at radius 2 is 1.75 bits per heavy atom. The van der Waals surface area contributed by atoms with Crippen LogP contribution < -0.4 is 5.32 Å². The lowest BCUT2D eigenvalue weighted by atomic mass is 10.1. The summed E-state index contributed by atoms with van der Waals surface area (Å²) in [5.74, 6) is -1.50. The number of imide groups is 1. The number of carboxylic acids is 1. The van der Waals surface area contributed by atoms with Crippen molar-refractivity contribution in [2.45, 2.75) is 46.6 Å². The number of amides is 3. The van der Waals surface area contributed by atoms with Crippen LogP contribution in [0.15, 0.2) is 11.1 Å². The fourth-order valence-corrected chi connectivity index (χ4v) is 1.77. The highest BCUT2D eigenvalue weighted by Crippen LogP contribution is 2.27. The van der Waals surface area contributed by atoms with E-state index in [9.17, 15) is 14.4 Å². The molecule has 0 spiro atoms. The quantitative estimate of drug-likeness (QED) is 0.752. The third kappa shape index (κ3) is 4.36. The van der Waals surface area contributed by atoms with Crippen molar-refractivity contribution in [1.29, 1.82) is 0 Å². The Balaban J connectivity index is 2.71. The van der Waals surface area contributed by atoms with Gasteiger partial charge >= 0.3 is 12.0 Å². The van der Waals surface area contributed by atoms with E-state index >= 15 is 0 Å². The first-order valence-corrected chi connectivity index (χ1v) is 6.76. The fraction of sp³-hybridized carbons (Fsp3) is 0.643. The van der Waals surface area contributed by atoms with Crippen LogP contribution >= 0.6 is 0 Å². The van der Waals surface area contributed by atoms with Gasteiger partial charge in [-0.15, -0.1) is 0 Å². The summed E-state index contributed by atoms with van der Waals surface area (Å²) in [6.45, 7) is 7.34. The monoisotopic (exact) mass is 282 g/mol. The number of hydrogen-bond acceptors (Lipinski definition) is 3. The van der Waals surface area contributed by atoms with Gasteiger partial charge in [0.1, 0.15) is 0 Å². The number of hydrogen-bond donors (Lipinski definition) is 2. The molecule has 0 aromatic rings. The number of nitrogens with one attached hydrogen (secondary N) is 1. The first-order chi connectivity index (χ1) is 9.23. The van der Waals surface area contributed by atoms with Gasteiger partial charge in [-0.1, -0.05) is 13.8 Å². The number of carbonyl (C=O) groups is 3. The maximum absolute atomic E-state index is 12.1. The maximum Gasteiger partial charge on any atom is 0.331 e. The van der Waals surface area contributed by atoms with Crippen LogP contribution in [-0.4, -0.2) is 40.5 Å². The minimum Gasteiger partial charge on any atom is -0.478 e. The van der Waals surface area contributed by atoms with E-state index in [-0.39, 0.29) is 17.2 Å². The van der Waals surface area contributed by atoms with Gasteiger partial charge in [-0.2, -0.15) is 0 Å². The summed E-state index contributed by atoms with van der Waals surface area (Å²) in [6, 6.07) is -0.237. The summed E-state index contributed by atoms with van der Waals surface area (Å²) in [5, 5.41) is 11.1. The number of rotatable bonds is 5. The Hall–Kier alpha value is -1.85. The molecule has 0 aliphatic heterocycles. The molecule has 0 unspecified atom stereocenters. The van der Waals surface area contributed by atoms with Gasteiger partial charge in [-0.25, -0.2) is 9.59 Å². The van der Waals surface area contributed by atoms with E-state index < -0.39 is 17.9 Å². The molecular weight excluding hydrogens is 260 g/mol. The molecule has 3 amide bonds. The van der Waals surface area contributed by atoms with Crippen molar-refractivity contribution in [3.63, 3.8) is 0 Å². The van der Waals surface area contributed by atoms with Crippen molar-refractivity contribution in [3.05, 3.63) is 11.1 Å². The van der Waals surface area contributed by atoms with E-state index in [0.29, 0.717) is 12.5 Å². The smallest absolute Gasteiger partial charge is 0.331 e. The van der Waals surface area contributed by atoms with E-state index in [4.69, 9.17) is 5.11 Å². The molecule has 6 heteroatoms. The van der Waals surface area contributed by atoms with Crippen molar-refractivity contribution in [1.82, 2.24) is 10.2 Å². The second-order valence-electron chi connectivity index (χ2n) is 5.59. The van der Waals surface area contributed by atoms with Gasteiger partial charge in [-0.3, -0.25) is 10.1 Å². The zero-order chi connectivity index (χ0) is 15.4. The number of aliphatic carboxylic acids is 1. The lowest BCUT2D eigenvalue weighted by Gasteiger charge is -2.24. The molecule has 1 saturated carbocycles. The van der Waals surface area contributed by atoms with Crippen LogP contribution in [0.3, 0.4) is 0 Å². The minimum atomic E-state index is -1.16. The van der Waals surface area contributed by atoms with Gasteiger partial charge in [0.05, 0.1) is 0 Å². The number of carbonyl (C=O) groups excluding carboxylic acids is 2. The third-order valence-corrected chi connectivity index (χ3v) is 3.25. The third-order valence-electron chi connectivity index (χ3n) is 3.25. The minimum absolute atomic E-state index is 0.0474. The predicted molar refractivity (Wildman–Crippen MR) is 74.1 cm³/mol. The Kier molecular flexibility index (Phi) is 5.30. The van der Waals surface area contributed by atoms with Crippen molar-refractivity contribution in [3.8, 4) is 0 Å². The van der Waals surface area contributed by atoms with Gasteiger partial charge in [-0.05, 0) is 32.6 Å². The zero-order valence-corrected chi connectivity index (χ0v) is 12.4. The largest absolute Gasteiger partial charge is 0.478 e. The van der Waals surface area contributed by atoms with Crippen molar-refractivity contribution >= 4 is 17.9 Å². The van der Waals surface area contributed by atoms with Crippen LogP contribution in [0.1, 0.15) is 40.5 Å². The summed E-state index contributed by atoms with van der Waals surface area (Å²) < 4.78 is 0. The Labute approximate surface area is 118 Å². The van der Waals surface area contributed by atoms with E-state index in [0.717, 1.165) is 12.8 Å². The van der Waals surface area contributed by atoms with Crippen molar-refractivity contribution in [2.24, 2.45) is 5.92 Å². The Morgan fingerprint density at radius 3 is 2.15 bits per heavy atom. The second kappa shape index (κ2) is 6.54. The maximum atomic E-state index is 12.1. The number of nitrogens with zero attached hydrogens (tertiary/aromatic N) is 1. The molecule has 0 aromatic heterocycles. The number of urea groups is 1. The number of carboxylic acid groups (broad SMARTS) is 1. The molecule has 0 heterocycles. The van der Waals surface area contributed by atoms with E-state index in [1.807, 2.05) is 13.8 Å². The molecule has 0 saturated heterocycles. The highest BCUT2D eigenvalue weighted by molar-refractivity contribution is 6.07. The summed E-state index contributed by atoms with van der Waals surface area (Å²) in [5.41, 5.74) is -0.0109. The van der Waals surface area contributed by atoms with Crippen LogP contribution in [0.25, 0.3) is 0 Å². The predicted octanol–water partition coefficient (Wildman–Crippen LogP) is 1.76. The first kappa shape index (κ1) is 16.2. The summed E-state index contributed by atoms with van der Waals surface area (Å²) in [7, 11) is 0.